The van der Waals surface area contributed by atoms with Crippen LogP contribution in [0.15, 0.2) is 47.0 Å². The van der Waals surface area contributed by atoms with Gasteiger partial charge < -0.3 is 9.47 Å². The van der Waals surface area contributed by atoms with Crippen molar-refractivity contribution in [3.05, 3.63) is 48.3 Å². The van der Waals surface area contributed by atoms with Crippen LogP contribution < -0.4 is 0 Å². The Kier molecular flexibility index (Phi) is 7.82. The zero-order chi connectivity index (χ0) is 20.7. The number of hydrogen-bond acceptors (Lipinski definition) is 6. The third-order valence-corrected chi connectivity index (χ3v) is 6.83. The van der Waals surface area contributed by atoms with E-state index in [2.05, 4.69) is 16.8 Å². The van der Waals surface area contributed by atoms with Gasteiger partial charge in [0.2, 0.25) is 5.91 Å². The van der Waals surface area contributed by atoms with E-state index in [1.807, 2.05) is 20.8 Å². The number of allylic oxidation sites excluding steroid dienone is 1. The smallest absolute Gasteiger partial charge is 0.233 e. The number of carbonyl (C=O) groups is 1. The third kappa shape index (κ3) is 5.45. The van der Waals surface area contributed by atoms with Gasteiger partial charge in [-0.25, -0.2) is 8.42 Å². The maximum atomic E-state index is 12.7. The van der Waals surface area contributed by atoms with E-state index >= 15 is 0 Å². The zero-order valence-electron chi connectivity index (χ0n) is 16.5. The molecule has 7 nitrogen and oxygen atoms in total. The second-order valence-electron chi connectivity index (χ2n) is 6.22. The molecular weight excluding hydrogens is 396 g/mol. The largest absolute Gasteiger partial charge is 0.343 e. The Hall–Kier alpha value is -2.13. The molecule has 0 unspecified atom stereocenters. The summed E-state index contributed by atoms with van der Waals surface area (Å²) in [4.78, 5) is 14.2. The minimum Gasteiger partial charge on any atom is -0.343 e. The van der Waals surface area contributed by atoms with Crippen LogP contribution in [0.3, 0.4) is 0 Å². The van der Waals surface area contributed by atoms with Gasteiger partial charge in [-0.3, -0.25) is 4.79 Å². The lowest BCUT2D eigenvalue weighted by Gasteiger charge is -2.18. The van der Waals surface area contributed by atoms with E-state index in [9.17, 15) is 13.2 Å². The van der Waals surface area contributed by atoms with Gasteiger partial charge in [-0.1, -0.05) is 35.5 Å². The molecule has 0 saturated carbocycles. The van der Waals surface area contributed by atoms with Gasteiger partial charge in [-0.15, -0.1) is 16.8 Å². The summed E-state index contributed by atoms with van der Waals surface area (Å²) < 4.78 is 27.2. The molecule has 2 rings (SSSR count). The number of aromatic nitrogens is 3. The van der Waals surface area contributed by atoms with E-state index < -0.39 is 9.84 Å². The minimum absolute atomic E-state index is 0.0111. The number of rotatable bonds is 10. The Morgan fingerprint density at radius 2 is 1.86 bits per heavy atom. The van der Waals surface area contributed by atoms with Crippen LogP contribution in [0.4, 0.5) is 0 Å². The van der Waals surface area contributed by atoms with E-state index in [1.165, 1.54) is 11.8 Å². The fourth-order valence-electron chi connectivity index (χ4n) is 2.64. The van der Waals surface area contributed by atoms with Crippen molar-refractivity contribution in [2.75, 3.05) is 18.8 Å². The van der Waals surface area contributed by atoms with Gasteiger partial charge in [0.05, 0.1) is 10.6 Å². The number of amides is 1. The number of thioether (sulfide) groups is 1. The van der Waals surface area contributed by atoms with Crippen LogP contribution in [0.1, 0.15) is 25.2 Å². The molecule has 28 heavy (non-hydrogen) atoms. The predicted molar refractivity (Wildman–Crippen MR) is 111 cm³/mol. The second kappa shape index (κ2) is 9.88. The third-order valence-electron chi connectivity index (χ3n) is 4.25. The molecule has 0 saturated heterocycles. The first-order valence-electron chi connectivity index (χ1n) is 9.05. The van der Waals surface area contributed by atoms with Crippen molar-refractivity contribution < 1.29 is 13.2 Å². The molecule has 1 heterocycles. The summed E-state index contributed by atoms with van der Waals surface area (Å²) in [7, 11) is -3.55. The van der Waals surface area contributed by atoms with E-state index in [0.717, 1.165) is 5.56 Å². The summed E-state index contributed by atoms with van der Waals surface area (Å²) in [5.74, 6) is 0.304. The SMILES string of the molecule is C=CCn1c(CS(=O)(=O)c2ccc(C)cc2)nnc1SCC(=O)N(CC)CC. The highest BCUT2D eigenvalue weighted by Crippen LogP contribution is 2.21. The number of carbonyl (C=O) groups excluding carboxylic acids is 1. The highest BCUT2D eigenvalue weighted by Gasteiger charge is 2.22. The van der Waals surface area contributed by atoms with Crippen LogP contribution in [-0.4, -0.2) is 52.8 Å². The van der Waals surface area contributed by atoms with E-state index in [-0.39, 0.29) is 22.3 Å². The molecule has 1 aromatic carbocycles. The molecule has 0 fully saturated rings. The molecule has 152 valence electrons. The lowest BCUT2D eigenvalue weighted by Crippen LogP contribution is -2.31. The number of aryl methyl sites for hydroxylation is 1. The maximum Gasteiger partial charge on any atom is 0.233 e. The molecule has 0 N–H and O–H groups in total. The number of hydrogen-bond donors (Lipinski definition) is 0. The van der Waals surface area contributed by atoms with Crippen LogP contribution >= 0.6 is 11.8 Å². The topological polar surface area (TPSA) is 85.2 Å². The Labute approximate surface area is 170 Å². The van der Waals surface area contributed by atoms with E-state index in [1.54, 1.807) is 39.8 Å². The van der Waals surface area contributed by atoms with Gasteiger partial charge in [-0.2, -0.15) is 0 Å². The number of nitrogens with zero attached hydrogens (tertiary/aromatic N) is 4. The molecule has 0 aliphatic carbocycles. The summed E-state index contributed by atoms with van der Waals surface area (Å²) in [6.45, 7) is 11.2. The van der Waals surface area contributed by atoms with Crippen LogP contribution in [0.25, 0.3) is 0 Å². The van der Waals surface area contributed by atoms with Crippen LogP contribution in [0.5, 0.6) is 0 Å². The quantitative estimate of drug-likeness (QED) is 0.432. The Morgan fingerprint density at radius 3 is 2.43 bits per heavy atom. The van der Waals surface area contributed by atoms with Gasteiger partial charge in [0.1, 0.15) is 11.6 Å². The molecular formula is C19H26N4O3S2. The zero-order valence-corrected chi connectivity index (χ0v) is 18.1. The first kappa shape index (κ1) is 22.2. The first-order valence-corrected chi connectivity index (χ1v) is 11.7. The average Bonchev–Trinajstić information content (AvgIpc) is 3.02. The first-order chi connectivity index (χ1) is 13.3. The lowest BCUT2D eigenvalue weighted by molar-refractivity contribution is -0.127. The van der Waals surface area contributed by atoms with Crippen molar-refractivity contribution in [3.8, 4) is 0 Å². The van der Waals surface area contributed by atoms with Crippen molar-refractivity contribution in [3.63, 3.8) is 0 Å². The molecule has 0 radical (unpaired) electrons. The molecule has 9 heteroatoms. The summed E-state index contributed by atoms with van der Waals surface area (Å²) in [6, 6.07) is 6.72. The average molecular weight is 423 g/mol. The molecule has 0 spiro atoms. The Morgan fingerprint density at radius 1 is 1.21 bits per heavy atom. The van der Waals surface area contributed by atoms with Crippen molar-refractivity contribution in [1.29, 1.82) is 0 Å². The van der Waals surface area contributed by atoms with E-state index in [0.29, 0.717) is 30.6 Å². The highest BCUT2D eigenvalue weighted by atomic mass is 32.2. The lowest BCUT2D eigenvalue weighted by atomic mass is 10.2. The molecule has 1 aromatic heterocycles. The van der Waals surface area contributed by atoms with Gasteiger partial charge in [0.15, 0.2) is 15.0 Å². The van der Waals surface area contributed by atoms with E-state index in [4.69, 9.17) is 0 Å². The highest BCUT2D eigenvalue weighted by molar-refractivity contribution is 7.99. The monoisotopic (exact) mass is 422 g/mol. The Bertz CT molecular complexity index is 917. The number of sulfone groups is 1. The van der Waals surface area contributed by atoms with Gasteiger partial charge in [0, 0.05) is 19.6 Å². The molecule has 0 atom stereocenters. The normalized spacial score (nSPS) is 11.4. The molecule has 0 bridgehead atoms. The van der Waals surface area contributed by atoms with Crippen molar-refractivity contribution >= 4 is 27.5 Å². The minimum atomic E-state index is -3.55. The van der Waals surface area contributed by atoms with Crippen LogP contribution in [-0.2, 0) is 26.9 Å². The summed E-state index contributed by atoms with van der Waals surface area (Å²) in [5.41, 5.74) is 0.991. The molecule has 0 aliphatic rings. The molecule has 0 aliphatic heterocycles. The van der Waals surface area contributed by atoms with Crippen molar-refractivity contribution in [2.45, 2.75) is 43.1 Å². The van der Waals surface area contributed by atoms with Gasteiger partial charge >= 0.3 is 0 Å². The summed E-state index contributed by atoms with van der Waals surface area (Å²) in [5, 5.41) is 8.68. The maximum absolute atomic E-state index is 12.7. The number of benzene rings is 1. The standard InChI is InChI=1S/C19H26N4O3S2/c1-5-12-23-17(14-28(25,26)16-10-8-15(4)9-11-16)20-21-19(23)27-13-18(24)22(6-2)7-3/h5,8-11H,1,6-7,12-14H2,2-4H3. The van der Waals surface area contributed by atoms with Crippen LogP contribution in [0.2, 0.25) is 0 Å². The van der Waals surface area contributed by atoms with Crippen LogP contribution in [0, 0.1) is 6.92 Å². The van der Waals surface area contributed by atoms with Gasteiger partial charge in [-0.05, 0) is 32.9 Å². The van der Waals surface area contributed by atoms with Crippen molar-refractivity contribution in [1.82, 2.24) is 19.7 Å². The van der Waals surface area contributed by atoms with Crippen molar-refractivity contribution in [2.24, 2.45) is 0 Å². The molecule has 2 aromatic rings. The molecule has 1 amide bonds. The summed E-state index contributed by atoms with van der Waals surface area (Å²) in [6.07, 6.45) is 1.65. The second-order valence-corrected chi connectivity index (χ2v) is 9.16. The van der Waals surface area contributed by atoms with Gasteiger partial charge in [0.25, 0.3) is 0 Å². The fourth-order valence-corrected chi connectivity index (χ4v) is 4.78. The summed E-state index contributed by atoms with van der Waals surface area (Å²) >= 11 is 1.25. The predicted octanol–water partition coefficient (Wildman–Crippen LogP) is 2.71. The Balaban J connectivity index is 2.20. The fraction of sp³-hybridized carbons (Fsp3) is 0.421.